The maximum Gasteiger partial charge on any atom is 0.325 e. The summed E-state index contributed by atoms with van der Waals surface area (Å²) in [5.74, 6) is -3.95. The molecule has 35 heavy (non-hydrogen) atoms. The third-order valence-electron chi connectivity index (χ3n) is 7.17. The zero-order valence-corrected chi connectivity index (χ0v) is 19.8. The van der Waals surface area contributed by atoms with Gasteiger partial charge in [0.1, 0.15) is 11.7 Å². The van der Waals surface area contributed by atoms with Gasteiger partial charge in [-0.2, -0.15) is 0 Å². The number of hydrogen-bond acceptors (Lipinski definition) is 7. The number of fused-ring (bicyclic) bond motifs is 2. The SMILES string of the molecule is CCOC(=O)C1(C(=O)OCC)[C@H](C=O)CC[C@@H](O)[C@@]12C(=O)N(Cc1ccccc1)c1ccccc12. The zero-order chi connectivity index (χ0) is 25.2. The number of hydrogen-bond donors (Lipinski definition) is 1. The second-order valence-corrected chi connectivity index (χ2v) is 8.79. The Hall–Kier alpha value is -3.52. The van der Waals surface area contributed by atoms with E-state index in [9.17, 15) is 24.3 Å². The van der Waals surface area contributed by atoms with Gasteiger partial charge in [0, 0.05) is 11.6 Å². The van der Waals surface area contributed by atoms with Crippen LogP contribution in [0.3, 0.4) is 0 Å². The maximum absolute atomic E-state index is 14.5. The van der Waals surface area contributed by atoms with Crippen LogP contribution in [0.15, 0.2) is 54.6 Å². The van der Waals surface area contributed by atoms with E-state index in [0.717, 1.165) is 5.56 Å². The third-order valence-corrected chi connectivity index (χ3v) is 7.17. The average Bonchev–Trinajstić information content (AvgIpc) is 3.10. The first-order chi connectivity index (χ1) is 16.9. The van der Waals surface area contributed by atoms with Crippen LogP contribution in [0.5, 0.6) is 0 Å². The molecule has 2 aromatic carbocycles. The summed E-state index contributed by atoms with van der Waals surface area (Å²) >= 11 is 0. The van der Waals surface area contributed by atoms with Gasteiger partial charge in [0.25, 0.3) is 0 Å². The quantitative estimate of drug-likeness (QED) is 0.369. The number of ether oxygens (including phenoxy) is 2. The summed E-state index contributed by atoms with van der Waals surface area (Å²) in [5, 5.41) is 11.6. The molecule has 184 valence electrons. The Balaban J connectivity index is 2.04. The molecule has 8 heteroatoms. The fourth-order valence-corrected chi connectivity index (χ4v) is 5.80. The molecule has 0 unspecified atom stereocenters. The molecular weight excluding hydrogens is 450 g/mol. The molecule has 1 amide bonds. The topological polar surface area (TPSA) is 110 Å². The van der Waals surface area contributed by atoms with E-state index in [1.165, 1.54) is 4.90 Å². The van der Waals surface area contributed by atoms with Crippen LogP contribution in [0.1, 0.15) is 37.8 Å². The predicted octanol–water partition coefficient (Wildman–Crippen LogP) is 2.55. The molecular formula is C27H29NO7. The Labute approximate surface area is 203 Å². The minimum atomic E-state index is -2.38. The number of rotatable bonds is 7. The molecule has 1 aliphatic carbocycles. The first kappa shape index (κ1) is 24.6. The normalized spacial score (nSPS) is 24.7. The van der Waals surface area contributed by atoms with Gasteiger partial charge in [-0.15, -0.1) is 0 Å². The molecule has 0 aromatic heterocycles. The van der Waals surface area contributed by atoms with E-state index >= 15 is 0 Å². The van der Waals surface area contributed by atoms with Gasteiger partial charge in [0.15, 0.2) is 5.41 Å². The number of nitrogens with zero attached hydrogens (tertiary/aromatic N) is 1. The Morgan fingerprint density at radius 1 is 1.00 bits per heavy atom. The highest BCUT2D eigenvalue weighted by atomic mass is 16.6. The number of aliphatic hydroxyl groups excluding tert-OH is 1. The molecule has 3 atom stereocenters. The van der Waals surface area contributed by atoms with Crippen molar-refractivity contribution in [2.24, 2.45) is 11.3 Å². The fourth-order valence-electron chi connectivity index (χ4n) is 5.80. The highest BCUT2D eigenvalue weighted by Gasteiger charge is 2.78. The van der Waals surface area contributed by atoms with Crippen LogP contribution in [-0.2, 0) is 40.6 Å². The number of carbonyl (C=O) groups excluding carboxylic acids is 4. The maximum atomic E-state index is 14.5. The number of esters is 2. The van der Waals surface area contributed by atoms with Crippen molar-refractivity contribution in [3.8, 4) is 0 Å². The van der Waals surface area contributed by atoms with Crippen LogP contribution in [0, 0.1) is 11.3 Å². The van der Waals surface area contributed by atoms with Crippen molar-refractivity contribution >= 4 is 29.8 Å². The largest absolute Gasteiger partial charge is 0.465 e. The Kier molecular flexibility index (Phi) is 6.76. The molecule has 4 rings (SSSR count). The van der Waals surface area contributed by atoms with E-state index in [-0.39, 0.29) is 32.6 Å². The fraction of sp³-hybridized carbons (Fsp3) is 0.407. The lowest BCUT2D eigenvalue weighted by molar-refractivity contribution is -0.198. The van der Waals surface area contributed by atoms with E-state index in [1.54, 1.807) is 38.1 Å². The highest BCUT2D eigenvalue weighted by Crippen LogP contribution is 2.61. The number of aliphatic hydroxyl groups is 1. The van der Waals surface area contributed by atoms with Crippen molar-refractivity contribution in [3.05, 3.63) is 65.7 Å². The predicted molar refractivity (Wildman–Crippen MR) is 126 cm³/mol. The van der Waals surface area contributed by atoms with E-state index in [1.807, 2.05) is 30.3 Å². The van der Waals surface area contributed by atoms with Gasteiger partial charge < -0.3 is 24.3 Å². The zero-order valence-electron chi connectivity index (χ0n) is 19.8. The molecule has 0 saturated heterocycles. The van der Waals surface area contributed by atoms with Crippen molar-refractivity contribution < 1.29 is 33.8 Å². The lowest BCUT2D eigenvalue weighted by Gasteiger charge is -2.51. The van der Waals surface area contributed by atoms with Crippen LogP contribution in [0.4, 0.5) is 5.69 Å². The molecule has 8 nitrogen and oxygen atoms in total. The highest BCUT2D eigenvalue weighted by molar-refractivity contribution is 6.18. The molecule has 1 spiro atoms. The number of anilines is 1. The van der Waals surface area contributed by atoms with Crippen molar-refractivity contribution in [2.45, 2.75) is 44.8 Å². The summed E-state index contributed by atoms with van der Waals surface area (Å²) in [6, 6.07) is 16.0. The van der Waals surface area contributed by atoms with Crippen molar-refractivity contribution in [1.82, 2.24) is 0 Å². The monoisotopic (exact) mass is 479 g/mol. The van der Waals surface area contributed by atoms with Crippen molar-refractivity contribution in [1.29, 1.82) is 0 Å². The second-order valence-electron chi connectivity index (χ2n) is 8.79. The van der Waals surface area contributed by atoms with Gasteiger partial charge in [-0.25, -0.2) is 0 Å². The summed E-state index contributed by atoms with van der Waals surface area (Å²) in [7, 11) is 0. The van der Waals surface area contributed by atoms with E-state index in [2.05, 4.69) is 0 Å². The number of para-hydroxylation sites is 1. The lowest BCUT2D eigenvalue weighted by atomic mass is 9.48. The molecule has 2 aliphatic rings. The van der Waals surface area contributed by atoms with Crippen LogP contribution in [0.25, 0.3) is 0 Å². The second kappa shape index (κ2) is 9.62. The number of carbonyl (C=O) groups is 4. The summed E-state index contributed by atoms with van der Waals surface area (Å²) in [6.07, 6.45) is -0.847. The van der Waals surface area contributed by atoms with Gasteiger partial charge >= 0.3 is 11.9 Å². The third kappa shape index (κ3) is 3.38. The van der Waals surface area contributed by atoms with Crippen molar-refractivity contribution in [3.63, 3.8) is 0 Å². The summed E-state index contributed by atoms with van der Waals surface area (Å²) in [6.45, 7) is 3.14. The lowest BCUT2D eigenvalue weighted by Crippen LogP contribution is -2.71. The number of amides is 1. The van der Waals surface area contributed by atoms with E-state index < -0.39 is 40.7 Å². The minimum absolute atomic E-state index is 0.0260. The first-order valence-electron chi connectivity index (χ1n) is 11.8. The molecule has 0 bridgehead atoms. The summed E-state index contributed by atoms with van der Waals surface area (Å²) in [5.41, 5.74) is -2.87. The van der Waals surface area contributed by atoms with Crippen LogP contribution in [0.2, 0.25) is 0 Å². The Morgan fingerprint density at radius 2 is 1.60 bits per heavy atom. The molecule has 1 aliphatic heterocycles. The smallest absolute Gasteiger partial charge is 0.325 e. The molecule has 1 saturated carbocycles. The summed E-state index contributed by atoms with van der Waals surface area (Å²) < 4.78 is 10.7. The molecule has 1 heterocycles. The molecule has 2 aromatic rings. The Morgan fingerprint density at radius 3 is 2.20 bits per heavy atom. The Bertz CT molecular complexity index is 1110. The van der Waals surface area contributed by atoms with Gasteiger partial charge in [0.2, 0.25) is 5.91 Å². The van der Waals surface area contributed by atoms with Gasteiger partial charge in [-0.3, -0.25) is 14.4 Å². The number of benzene rings is 2. The van der Waals surface area contributed by atoms with Crippen LogP contribution < -0.4 is 4.90 Å². The minimum Gasteiger partial charge on any atom is -0.465 e. The molecule has 0 radical (unpaired) electrons. The van der Waals surface area contributed by atoms with Gasteiger partial charge in [-0.05, 0) is 43.9 Å². The number of aldehydes is 1. The molecule has 1 fully saturated rings. The summed E-state index contributed by atoms with van der Waals surface area (Å²) in [4.78, 5) is 55.9. The van der Waals surface area contributed by atoms with Crippen molar-refractivity contribution in [2.75, 3.05) is 18.1 Å². The van der Waals surface area contributed by atoms with Crippen LogP contribution >= 0.6 is 0 Å². The first-order valence-corrected chi connectivity index (χ1v) is 11.8. The van der Waals surface area contributed by atoms with Gasteiger partial charge in [0.05, 0.1) is 25.9 Å². The average molecular weight is 480 g/mol. The standard InChI is InChI=1S/C27H29NO7/c1-3-34-24(32)26(25(33)35-4-2)19(17-29)14-15-22(30)27(26)20-12-8-9-13-21(20)28(23(27)31)16-18-10-6-5-7-11-18/h5-13,17,19,22,30H,3-4,14-16H2,1-2H3/t19-,22+,27-/m0/s1. The van der Waals surface area contributed by atoms with E-state index in [0.29, 0.717) is 17.5 Å². The van der Waals surface area contributed by atoms with Crippen LogP contribution in [-0.4, -0.2) is 48.6 Å². The molecule has 1 N–H and O–H groups in total. The van der Waals surface area contributed by atoms with E-state index in [4.69, 9.17) is 9.47 Å². The van der Waals surface area contributed by atoms with Gasteiger partial charge in [-0.1, -0.05) is 48.5 Å².